The monoisotopic (exact) mass is 259 g/mol. The summed E-state index contributed by atoms with van der Waals surface area (Å²) in [7, 11) is 0. The summed E-state index contributed by atoms with van der Waals surface area (Å²) in [5, 5.41) is 9.11. The van der Waals surface area contributed by atoms with Crippen LogP contribution in [0.4, 0.5) is 4.79 Å². The summed E-state index contributed by atoms with van der Waals surface area (Å²) >= 11 is 1.56. The van der Waals surface area contributed by atoms with E-state index in [0.29, 0.717) is 11.7 Å². The number of nitrogens with zero attached hydrogens (tertiary/aromatic N) is 1. The van der Waals surface area contributed by atoms with Crippen LogP contribution in [0.15, 0.2) is 0 Å². The van der Waals surface area contributed by atoms with Gasteiger partial charge in [0, 0.05) is 5.75 Å². The van der Waals surface area contributed by atoms with E-state index in [2.05, 4.69) is 0 Å². The first-order chi connectivity index (χ1) is 8.00. The second-order valence-corrected chi connectivity index (χ2v) is 5.90. The number of rotatable bonds is 3. The molecule has 1 aliphatic heterocycles. The normalized spacial score (nSPS) is 28.5. The molecule has 5 nitrogen and oxygen atoms in total. The van der Waals surface area contributed by atoms with Crippen LogP contribution in [0.2, 0.25) is 0 Å². The molecule has 1 saturated carbocycles. The second kappa shape index (κ2) is 4.76. The fraction of sp³-hybridized carbons (Fsp3) is 0.818. The summed E-state index contributed by atoms with van der Waals surface area (Å²) in [6, 6.07) is -0.739. The number of ether oxygens (including phenoxy) is 1. The lowest BCUT2D eigenvalue weighted by Crippen LogP contribution is -2.47. The quantitative estimate of drug-likeness (QED) is 0.836. The van der Waals surface area contributed by atoms with Gasteiger partial charge in [-0.2, -0.15) is 0 Å². The third-order valence-electron chi connectivity index (χ3n) is 2.89. The molecule has 96 valence electrons. The number of carboxylic acids is 1. The van der Waals surface area contributed by atoms with Crippen molar-refractivity contribution in [3.8, 4) is 0 Å². The van der Waals surface area contributed by atoms with E-state index in [1.165, 1.54) is 4.90 Å². The maximum Gasteiger partial charge on any atom is 0.411 e. The molecule has 0 radical (unpaired) electrons. The highest BCUT2D eigenvalue weighted by Gasteiger charge is 2.48. The van der Waals surface area contributed by atoms with Crippen molar-refractivity contribution < 1.29 is 19.4 Å². The predicted molar refractivity (Wildman–Crippen MR) is 63.8 cm³/mol. The molecule has 2 atom stereocenters. The topological polar surface area (TPSA) is 66.8 Å². The fourth-order valence-corrected chi connectivity index (χ4v) is 3.58. The summed E-state index contributed by atoms with van der Waals surface area (Å²) < 4.78 is 5.13. The van der Waals surface area contributed by atoms with E-state index in [0.717, 1.165) is 12.8 Å². The van der Waals surface area contributed by atoms with Crippen molar-refractivity contribution in [2.24, 2.45) is 5.92 Å². The van der Waals surface area contributed by atoms with E-state index < -0.39 is 18.1 Å². The van der Waals surface area contributed by atoms with Gasteiger partial charge in [-0.15, -0.1) is 11.8 Å². The highest BCUT2D eigenvalue weighted by Crippen LogP contribution is 2.45. The van der Waals surface area contributed by atoms with Crippen molar-refractivity contribution in [1.82, 2.24) is 4.90 Å². The van der Waals surface area contributed by atoms with Crippen LogP contribution in [0.5, 0.6) is 0 Å². The van der Waals surface area contributed by atoms with Crippen molar-refractivity contribution in [1.29, 1.82) is 0 Å². The van der Waals surface area contributed by atoms with Crippen LogP contribution in [0.25, 0.3) is 0 Å². The molecular weight excluding hydrogens is 242 g/mol. The third kappa shape index (κ3) is 2.68. The highest BCUT2D eigenvalue weighted by molar-refractivity contribution is 8.00. The van der Waals surface area contributed by atoms with E-state index in [1.54, 1.807) is 25.6 Å². The van der Waals surface area contributed by atoms with Gasteiger partial charge in [-0.3, -0.25) is 4.90 Å². The number of carbonyl (C=O) groups is 2. The molecule has 2 rings (SSSR count). The third-order valence-corrected chi connectivity index (χ3v) is 4.35. The van der Waals surface area contributed by atoms with Gasteiger partial charge in [0.15, 0.2) is 0 Å². The largest absolute Gasteiger partial charge is 0.480 e. The van der Waals surface area contributed by atoms with Gasteiger partial charge >= 0.3 is 12.1 Å². The van der Waals surface area contributed by atoms with Crippen LogP contribution in [0.3, 0.4) is 0 Å². The molecule has 2 aliphatic rings. The first-order valence-corrected chi connectivity index (χ1v) is 6.89. The van der Waals surface area contributed by atoms with Crippen LogP contribution >= 0.6 is 11.8 Å². The van der Waals surface area contributed by atoms with Crippen molar-refractivity contribution in [2.75, 3.05) is 5.75 Å². The van der Waals surface area contributed by atoms with Gasteiger partial charge in [0.2, 0.25) is 0 Å². The average molecular weight is 259 g/mol. The molecular formula is C11H17NO4S. The first kappa shape index (κ1) is 12.5. The second-order valence-electron chi connectivity index (χ2n) is 4.76. The van der Waals surface area contributed by atoms with Gasteiger partial charge in [0.25, 0.3) is 0 Å². The Morgan fingerprint density at radius 2 is 2.06 bits per heavy atom. The number of amides is 1. The Kier molecular flexibility index (Phi) is 3.51. The fourth-order valence-electron chi connectivity index (χ4n) is 1.96. The SMILES string of the molecule is CC(C)OC(=O)N1C(C(=O)O)CSC1C1CC1. The van der Waals surface area contributed by atoms with Crippen LogP contribution in [0.1, 0.15) is 26.7 Å². The van der Waals surface area contributed by atoms with Crippen molar-refractivity contribution in [3.05, 3.63) is 0 Å². The standard InChI is InChI=1S/C11H17NO4S/c1-6(2)16-11(15)12-8(10(13)14)5-17-9(12)7-3-4-7/h6-9H,3-5H2,1-2H3,(H,13,14). The number of hydrogen-bond acceptors (Lipinski definition) is 4. The Morgan fingerprint density at radius 1 is 1.41 bits per heavy atom. The molecule has 1 N–H and O–H groups in total. The number of thioether (sulfide) groups is 1. The summed E-state index contributed by atoms with van der Waals surface area (Å²) in [6.07, 6.45) is 1.45. The predicted octanol–water partition coefficient (Wildman–Crippen LogP) is 1.77. The van der Waals surface area contributed by atoms with Gasteiger partial charge < -0.3 is 9.84 Å². The van der Waals surface area contributed by atoms with Gasteiger partial charge in [-0.1, -0.05) is 0 Å². The number of hydrogen-bond donors (Lipinski definition) is 1. The summed E-state index contributed by atoms with van der Waals surface area (Å²) in [4.78, 5) is 24.5. The zero-order valence-corrected chi connectivity index (χ0v) is 10.8. The maximum absolute atomic E-state index is 11.9. The van der Waals surface area contributed by atoms with Crippen molar-refractivity contribution >= 4 is 23.8 Å². The Morgan fingerprint density at radius 3 is 2.53 bits per heavy atom. The minimum absolute atomic E-state index is 0.0117. The Hall–Kier alpha value is -0.910. The molecule has 17 heavy (non-hydrogen) atoms. The lowest BCUT2D eigenvalue weighted by molar-refractivity contribution is -0.141. The van der Waals surface area contributed by atoms with Crippen LogP contribution in [0, 0.1) is 5.92 Å². The molecule has 2 fully saturated rings. The van der Waals surface area contributed by atoms with E-state index in [9.17, 15) is 9.59 Å². The summed E-state index contributed by atoms with van der Waals surface area (Å²) in [5.74, 6) is -0.0330. The molecule has 0 aromatic carbocycles. The van der Waals surface area contributed by atoms with Crippen molar-refractivity contribution in [2.45, 2.75) is 44.2 Å². The minimum Gasteiger partial charge on any atom is -0.480 e. The molecule has 6 heteroatoms. The number of carbonyl (C=O) groups excluding carboxylic acids is 1. The van der Waals surface area contributed by atoms with E-state index in [-0.39, 0.29) is 11.5 Å². The highest BCUT2D eigenvalue weighted by atomic mass is 32.2. The smallest absolute Gasteiger partial charge is 0.411 e. The van der Waals surface area contributed by atoms with E-state index >= 15 is 0 Å². The summed E-state index contributed by atoms with van der Waals surface area (Å²) in [5.41, 5.74) is 0. The molecule has 0 spiro atoms. The lowest BCUT2D eigenvalue weighted by Gasteiger charge is -2.27. The Bertz CT molecular complexity index is 329. The van der Waals surface area contributed by atoms with Crippen LogP contribution in [-0.2, 0) is 9.53 Å². The number of carboxylic acid groups (broad SMARTS) is 1. The van der Waals surface area contributed by atoms with Crippen molar-refractivity contribution in [3.63, 3.8) is 0 Å². The van der Waals surface area contributed by atoms with Crippen LogP contribution < -0.4 is 0 Å². The van der Waals surface area contributed by atoms with E-state index in [4.69, 9.17) is 9.84 Å². The minimum atomic E-state index is -0.943. The lowest BCUT2D eigenvalue weighted by atomic mass is 10.2. The van der Waals surface area contributed by atoms with Crippen LogP contribution in [-0.4, -0.2) is 45.3 Å². The molecule has 1 saturated heterocycles. The van der Waals surface area contributed by atoms with E-state index in [1.807, 2.05) is 0 Å². The zero-order chi connectivity index (χ0) is 12.6. The Labute approximate surface area is 104 Å². The van der Waals surface area contributed by atoms with Gasteiger partial charge in [-0.05, 0) is 32.6 Å². The molecule has 0 aromatic rings. The average Bonchev–Trinajstić information content (AvgIpc) is 2.95. The zero-order valence-electron chi connectivity index (χ0n) is 9.96. The first-order valence-electron chi connectivity index (χ1n) is 5.84. The molecule has 1 amide bonds. The Balaban J connectivity index is 2.10. The van der Waals surface area contributed by atoms with Gasteiger partial charge in [0.1, 0.15) is 6.04 Å². The molecule has 0 bridgehead atoms. The number of aliphatic carboxylic acids is 1. The van der Waals surface area contributed by atoms with Gasteiger partial charge in [-0.25, -0.2) is 9.59 Å². The molecule has 1 aliphatic carbocycles. The maximum atomic E-state index is 11.9. The summed E-state index contributed by atoms with van der Waals surface area (Å²) in [6.45, 7) is 3.53. The molecule has 0 aromatic heterocycles. The van der Waals surface area contributed by atoms with Gasteiger partial charge in [0.05, 0.1) is 11.5 Å². The molecule has 2 unspecified atom stereocenters. The molecule has 1 heterocycles.